The molecule has 0 fully saturated rings. The minimum absolute atomic E-state index is 0.135. The lowest BCUT2D eigenvalue weighted by atomic mass is 10.3. The maximum absolute atomic E-state index is 12.3. The second-order valence-electron chi connectivity index (χ2n) is 5.63. The number of para-hydroxylation sites is 5. The summed E-state index contributed by atoms with van der Waals surface area (Å²) in [6.07, 6.45) is 0. The van der Waals surface area contributed by atoms with Gasteiger partial charge in [-0.05, 0) is 43.3 Å². The van der Waals surface area contributed by atoms with E-state index in [1.54, 1.807) is 24.3 Å². The Morgan fingerprint density at radius 3 is 2.07 bits per heavy atom. The van der Waals surface area contributed by atoms with Crippen LogP contribution in [0.1, 0.15) is 6.92 Å². The molecule has 0 aliphatic rings. The summed E-state index contributed by atoms with van der Waals surface area (Å²) in [7, 11) is 0. The predicted octanol–water partition coefficient (Wildman–Crippen LogP) is 4.90. The Hall–Kier alpha value is -3.47. The van der Waals surface area contributed by atoms with Gasteiger partial charge in [0.15, 0.2) is 23.9 Å². The lowest BCUT2D eigenvalue weighted by Gasteiger charge is -2.14. The molecule has 0 bridgehead atoms. The normalized spacial score (nSPS) is 10.1. The third-order valence-corrected chi connectivity index (χ3v) is 3.64. The van der Waals surface area contributed by atoms with E-state index in [2.05, 4.69) is 5.32 Å². The van der Waals surface area contributed by atoms with Crippen molar-refractivity contribution in [3.8, 4) is 23.0 Å². The van der Waals surface area contributed by atoms with Crippen LogP contribution in [0.4, 0.5) is 5.69 Å². The first kappa shape index (κ1) is 18.3. The predicted molar refractivity (Wildman–Crippen MR) is 105 cm³/mol. The molecule has 0 aliphatic carbocycles. The number of benzene rings is 3. The highest BCUT2D eigenvalue weighted by atomic mass is 16.5. The summed E-state index contributed by atoms with van der Waals surface area (Å²) in [4.78, 5) is 12.3. The Morgan fingerprint density at radius 1 is 0.778 bits per heavy atom. The fourth-order valence-corrected chi connectivity index (χ4v) is 2.45. The average molecular weight is 363 g/mol. The summed E-state index contributed by atoms with van der Waals surface area (Å²) >= 11 is 0. The van der Waals surface area contributed by atoms with Crippen LogP contribution in [0.25, 0.3) is 0 Å². The van der Waals surface area contributed by atoms with Crippen LogP contribution in [-0.2, 0) is 4.79 Å². The molecule has 0 radical (unpaired) electrons. The van der Waals surface area contributed by atoms with E-state index in [1.165, 1.54) is 0 Å². The Bertz CT molecular complexity index is 880. The van der Waals surface area contributed by atoms with E-state index < -0.39 is 0 Å². The SMILES string of the molecule is CCOc1ccccc1OCC(=O)Nc1ccccc1Oc1ccccc1. The topological polar surface area (TPSA) is 56.8 Å². The highest BCUT2D eigenvalue weighted by molar-refractivity contribution is 5.93. The fourth-order valence-electron chi connectivity index (χ4n) is 2.45. The molecule has 0 unspecified atom stereocenters. The molecule has 0 heterocycles. The van der Waals surface area contributed by atoms with Crippen molar-refractivity contribution in [2.24, 2.45) is 0 Å². The molecule has 3 aromatic carbocycles. The summed E-state index contributed by atoms with van der Waals surface area (Å²) in [5.74, 6) is 2.11. The number of nitrogens with one attached hydrogen (secondary N) is 1. The van der Waals surface area contributed by atoms with E-state index >= 15 is 0 Å². The molecular weight excluding hydrogens is 342 g/mol. The molecule has 0 aliphatic heterocycles. The summed E-state index contributed by atoms with van der Waals surface area (Å²) in [5, 5.41) is 2.82. The molecule has 5 nitrogen and oxygen atoms in total. The maximum Gasteiger partial charge on any atom is 0.262 e. The number of rotatable bonds is 8. The summed E-state index contributed by atoms with van der Waals surface area (Å²) in [5.41, 5.74) is 0.577. The van der Waals surface area contributed by atoms with Crippen LogP contribution in [0, 0.1) is 0 Å². The van der Waals surface area contributed by atoms with Crippen molar-refractivity contribution in [2.45, 2.75) is 6.92 Å². The van der Waals surface area contributed by atoms with Crippen LogP contribution in [0.5, 0.6) is 23.0 Å². The van der Waals surface area contributed by atoms with Gasteiger partial charge in [-0.2, -0.15) is 0 Å². The third-order valence-electron chi connectivity index (χ3n) is 3.64. The van der Waals surface area contributed by atoms with E-state index in [1.807, 2.05) is 61.5 Å². The maximum atomic E-state index is 12.3. The molecule has 27 heavy (non-hydrogen) atoms. The van der Waals surface area contributed by atoms with E-state index in [0.717, 1.165) is 0 Å². The lowest BCUT2D eigenvalue weighted by Crippen LogP contribution is -2.20. The molecule has 0 aromatic heterocycles. The van der Waals surface area contributed by atoms with Crippen LogP contribution >= 0.6 is 0 Å². The molecule has 138 valence electrons. The zero-order chi connectivity index (χ0) is 18.9. The highest BCUT2D eigenvalue weighted by Crippen LogP contribution is 2.29. The van der Waals surface area contributed by atoms with Gasteiger partial charge in [0.1, 0.15) is 5.75 Å². The number of hydrogen-bond acceptors (Lipinski definition) is 4. The van der Waals surface area contributed by atoms with Gasteiger partial charge in [-0.1, -0.05) is 42.5 Å². The van der Waals surface area contributed by atoms with Gasteiger partial charge in [0, 0.05) is 0 Å². The van der Waals surface area contributed by atoms with Gasteiger partial charge in [0.2, 0.25) is 0 Å². The number of carbonyl (C=O) groups excluding carboxylic acids is 1. The number of ether oxygens (including phenoxy) is 3. The number of amides is 1. The molecular formula is C22H21NO4. The van der Waals surface area contributed by atoms with E-state index in [0.29, 0.717) is 35.3 Å². The number of anilines is 1. The zero-order valence-corrected chi connectivity index (χ0v) is 15.1. The molecule has 1 N–H and O–H groups in total. The van der Waals surface area contributed by atoms with Gasteiger partial charge < -0.3 is 19.5 Å². The lowest BCUT2D eigenvalue weighted by molar-refractivity contribution is -0.118. The van der Waals surface area contributed by atoms with Gasteiger partial charge in [0.25, 0.3) is 5.91 Å². The van der Waals surface area contributed by atoms with Crippen molar-refractivity contribution < 1.29 is 19.0 Å². The molecule has 3 rings (SSSR count). The smallest absolute Gasteiger partial charge is 0.262 e. The van der Waals surface area contributed by atoms with Crippen molar-refractivity contribution >= 4 is 11.6 Å². The Labute approximate surface area is 158 Å². The van der Waals surface area contributed by atoms with Crippen molar-refractivity contribution in [3.63, 3.8) is 0 Å². The molecule has 0 saturated heterocycles. The largest absolute Gasteiger partial charge is 0.490 e. The monoisotopic (exact) mass is 363 g/mol. The van der Waals surface area contributed by atoms with Gasteiger partial charge in [0.05, 0.1) is 12.3 Å². The molecule has 1 amide bonds. The summed E-state index contributed by atoms with van der Waals surface area (Å²) < 4.78 is 16.9. The van der Waals surface area contributed by atoms with Crippen LogP contribution < -0.4 is 19.5 Å². The average Bonchev–Trinajstić information content (AvgIpc) is 2.70. The molecule has 5 heteroatoms. The second kappa shape index (κ2) is 9.29. The van der Waals surface area contributed by atoms with Crippen molar-refractivity contribution in [1.29, 1.82) is 0 Å². The van der Waals surface area contributed by atoms with Crippen LogP contribution in [0.2, 0.25) is 0 Å². The Kier molecular flexibility index (Phi) is 6.30. The third kappa shape index (κ3) is 5.25. The van der Waals surface area contributed by atoms with Crippen LogP contribution in [-0.4, -0.2) is 19.1 Å². The summed E-state index contributed by atoms with van der Waals surface area (Å²) in [6.45, 7) is 2.29. The van der Waals surface area contributed by atoms with E-state index in [-0.39, 0.29) is 12.5 Å². The highest BCUT2D eigenvalue weighted by Gasteiger charge is 2.11. The van der Waals surface area contributed by atoms with Crippen molar-refractivity contribution in [2.75, 3.05) is 18.5 Å². The second-order valence-corrected chi connectivity index (χ2v) is 5.63. The molecule has 0 atom stereocenters. The van der Waals surface area contributed by atoms with E-state index in [4.69, 9.17) is 14.2 Å². The van der Waals surface area contributed by atoms with Crippen molar-refractivity contribution in [3.05, 3.63) is 78.9 Å². The first-order valence-electron chi connectivity index (χ1n) is 8.72. The number of hydrogen-bond donors (Lipinski definition) is 1. The Balaban J connectivity index is 1.63. The van der Waals surface area contributed by atoms with Crippen LogP contribution in [0.15, 0.2) is 78.9 Å². The van der Waals surface area contributed by atoms with Gasteiger partial charge in [-0.15, -0.1) is 0 Å². The quantitative estimate of drug-likeness (QED) is 0.619. The van der Waals surface area contributed by atoms with Crippen molar-refractivity contribution in [1.82, 2.24) is 0 Å². The first-order chi connectivity index (χ1) is 13.3. The van der Waals surface area contributed by atoms with Crippen LogP contribution in [0.3, 0.4) is 0 Å². The minimum Gasteiger partial charge on any atom is -0.490 e. The van der Waals surface area contributed by atoms with E-state index in [9.17, 15) is 4.79 Å². The van der Waals surface area contributed by atoms with Gasteiger partial charge in [-0.3, -0.25) is 4.79 Å². The fraction of sp³-hybridized carbons (Fsp3) is 0.136. The minimum atomic E-state index is -0.287. The molecule has 0 saturated carbocycles. The molecule has 0 spiro atoms. The Morgan fingerprint density at radius 2 is 1.37 bits per heavy atom. The number of carbonyl (C=O) groups is 1. The van der Waals surface area contributed by atoms with Gasteiger partial charge >= 0.3 is 0 Å². The summed E-state index contributed by atoms with van der Waals surface area (Å²) in [6, 6.07) is 23.9. The van der Waals surface area contributed by atoms with Gasteiger partial charge in [-0.25, -0.2) is 0 Å². The zero-order valence-electron chi connectivity index (χ0n) is 15.1. The molecule has 3 aromatic rings. The standard InChI is InChI=1S/C22H21NO4/c1-2-25-20-14-8-9-15-21(20)26-16-22(24)23-18-12-6-7-13-19(18)27-17-10-4-3-5-11-17/h3-15H,2,16H2,1H3,(H,23,24). The first-order valence-corrected chi connectivity index (χ1v) is 8.72.